The van der Waals surface area contributed by atoms with E-state index in [4.69, 9.17) is 14.9 Å². The number of ether oxygens (including phenoxy) is 1. The van der Waals surface area contributed by atoms with Gasteiger partial charge in [0.15, 0.2) is 0 Å². The number of rotatable bonds is 26. The molecular weight excluding hydrogens is 372 g/mol. The summed E-state index contributed by atoms with van der Waals surface area (Å²) in [4.78, 5) is 0. The van der Waals surface area contributed by atoms with Crippen LogP contribution in [0.2, 0.25) is 0 Å². The van der Waals surface area contributed by atoms with Crippen molar-refractivity contribution in [1.29, 1.82) is 0 Å². The van der Waals surface area contributed by atoms with Gasteiger partial charge in [-0.3, -0.25) is 0 Å². The van der Waals surface area contributed by atoms with Crippen LogP contribution in [0.4, 0.5) is 0 Å². The monoisotopic (exact) mass is 428 g/mol. The van der Waals surface area contributed by atoms with Gasteiger partial charge in [0.25, 0.3) is 6.48 Å². The molecule has 0 bridgehead atoms. The molecule has 0 aliphatic rings. The molecule has 3 nitrogen and oxygen atoms in total. The zero-order chi connectivity index (χ0) is 22.0. The van der Waals surface area contributed by atoms with Gasteiger partial charge in [-0.2, -0.15) is 0 Å². The normalized spacial score (nSPS) is 11.6. The summed E-state index contributed by atoms with van der Waals surface area (Å²) in [5, 5.41) is 17.1. The fourth-order valence-electron chi connectivity index (χ4n) is 4.25. The molecule has 0 heterocycles. The summed E-state index contributed by atoms with van der Waals surface area (Å²) in [5.41, 5.74) is 0. The Morgan fingerprint density at radius 3 is 0.867 bits per heavy atom. The van der Waals surface area contributed by atoms with Crippen molar-refractivity contribution in [3.8, 4) is 0 Å². The second kappa shape index (κ2) is 26.9. The molecule has 2 N–H and O–H groups in total. The average molecular weight is 429 g/mol. The fraction of sp³-hybridized carbons (Fsp3) is 1.00. The first kappa shape index (κ1) is 29.9. The van der Waals surface area contributed by atoms with Gasteiger partial charge in [-0.1, -0.05) is 155 Å². The van der Waals surface area contributed by atoms with E-state index in [0.717, 1.165) is 12.8 Å². The number of hydrogen-bond acceptors (Lipinski definition) is 3. The first-order valence-electron chi connectivity index (χ1n) is 13.7. The van der Waals surface area contributed by atoms with E-state index in [1.165, 1.54) is 141 Å². The highest BCUT2D eigenvalue weighted by Crippen LogP contribution is 2.15. The zero-order valence-corrected chi connectivity index (χ0v) is 20.6. The Kier molecular flexibility index (Phi) is 26.8. The summed E-state index contributed by atoms with van der Waals surface area (Å²) in [6.07, 6.45) is 33.3. The summed E-state index contributed by atoms with van der Waals surface area (Å²) in [6, 6.07) is 0. The predicted molar refractivity (Wildman–Crippen MR) is 131 cm³/mol. The molecule has 0 aromatic rings. The lowest BCUT2D eigenvalue weighted by molar-refractivity contribution is -0.234. The van der Waals surface area contributed by atoms with Gasteiger partial charge in [0, 0.05) is 0 Å². The molecule has 0 saturated heterocycles. The number of hydrogen-bond donors (Lipinski definition) is 2. The molecule has 0 spiro atoms. The minimum absolute atomic E-state index is 0.455. The molecule has 30 heavy (non-hydrogen) atoms. The van der Waals surface area contributed by atoms with E-state index < -0.39 is 6.48 Å². The molecule has 0 amide bonds. The van der Waals surface area contributed by atoms with E-state index in [1.807, 2.05) is 0 Å². The number of unbranched alkanes of at least 4 members (excludes halogenated alkanes) is 23. The van der Waals surface area contributed by atoms with E-state index >= 15 is 0 Å². The van der Waals surface area contributed by atoms with Gasteiger partial charge in [-0.15, -0.1) is 0 Å². The molecule has 3 heteroatoms. The molecule has 0 rings (SSSR count). The third-order valence-corrected chi connectivity index (χ3v) is 6.26. The smallest absolute Gasteiger partial charge is 0.266 e. The lowest BCUT2D eigenvalue weighted by atomic mass is 10.0. The van der Waals surface area contributed by atoms with Crippen LogP contribution in [0, 0.1) is 0 Å². The van der Waals surface area contributed by atoms with Crippen molar-refractivity contribution in [2.75, 3.05) is 6.61 Å². The number of aliphatic hydroxyl groups excluding tert-OH is 1. The molecule has 0 radical (unpaired) electrons. The van der Waals surface area contributed by atoms with Gasteiger partial charge in [-0.05, 0) is 6.42 Å². The summed E-state index contributed by atoms with van der Waals surface area (Å²) in [6.45, 7) is 1.15. The van der Waals surface area contributed by atoms with E-state index in [9.17, 15) is 0 Å². The third-order valence-electron chi connectivity index (χ3n) is 6.26. The van der Waals surface area contributed by atoms with Crippen molar-refractivity contribution in [3.63, 3.8) is 0 Å². The third kappa shape index (κ3) is 27.9. The van der Waals surface area contributed by atoms with E-state index in [-0.39, 0.29) is 0 Å². The lowest BCUT2D eigenvalue weighted by Gasteiger charge is -2.05. The van der Waals surface area contributed by atoms with Gasteiger partial charge in [0.1, 0.15) is 0 Å². The van der Waals surface area contributed by atoms with Crippen LogP contribution in [0.15, 0.2) is 0 Å². The van der Waals surface area contributed by atoms with E-state index in [2.05, 4.69) is 6.92 Å². The first-order valence-corrected chi connectivity index (χ1v) is 13.7. The standard InChI is InChI=1S/C27H56O3/c1-2-3-4-5-6-7-8-9-10-11-12-13-14-15-16-17-18-19-20-21-22-23-24-25-26-30-27(28)29/h27-29H,2-26H2,1H3. The first-order chi connectivity index (χ1) is 14.8. The van der Waals surface area contributed by atoms with Crippen LogP contribution >= 0.6 is 0 Å². The Labute approximate surface area is 189 Å². The minimum Gasteiger partial charge on any atom is -0.346 e. The van der Waals surface area contributed by atoms with Crippen LogP contribution in [-0.2, 0) is 4.74 Å². The second-order valence-corrected chi connectivity index (χ2v) is 9.33. The van der Waals surface area contributed by atoms with Gasteiger partial charge in [0.2, 0.25) is 0 Å². The molecule has 0 saturated carbocycles. The predicted octanol–water partition coefficient (Wildman–Crippen LogP) is 8.65. The Morgan fingerprint density at radius 2 is 0.633 bits per heavy atom. The molecule has 0 aromatic heterocycles. The van der Waals surface area contributed by atoms with Crippen LogP contribution in [0.25, 0.3) is 0 Å². The van der Waals surface area contributed by atoms with Gasteiger partial charge < -0.3 is 14.9 Å². The highest BCUT2D eigenvalue weighted by Gasteiger charge is 1.97. The van der Waals surface area contributed by atoms with Crippen molar-refractivity contribution in [2.45, 2.75) is 167 Å². The molecule has 0 unspecified atom stereocenters. The van der Waals surface area contributed by atoms with Crippen molar-refractivity contribution in [2.24, 2.45) is 0 Å². The van der Waals surface area contributed by atoms with Crippen molar-refractivity contribution < 1.29 is 14.9 Å². The lowest BCUT2D eigenvalue weighted by Crippen LogP contribution is -2.10. The van der Waals surface area contributed by atoms with Gasteiger partial charge in [0.05, 0.1) is 6.61 Å². The highest BCUT2D eigenvalue weighted by atomic mass is 16.7. The average Bonchev–Trinajstić information content (AvgIpc) is 2.73. The molecule has 0 aliphatic carbocycles. The van der Waals surface area contributed by atoms with E-state index in [0.29, 0.717) is 6.61 Å². The fourth-order valence-corrected chi connectivity index (χ4v) is 4.25. The van der Waals surface area contributed by atoms with Gasteiger partial charge >= 0.3 is 0 Å². The molecular formula is C27H56O3. The molecule has 182 valence electrons. The maximum atomic E-state index is 8.57. The Balaban J connectivity index is 2.99. The molecule has 0 atom stereocenters. The van der Waals surface area contributed by atoms with Crippen LogP contribution in [0.5, 0.6) is 0 Å². The highest BCUT2D eigenvalue weighted by molar-refractivity contribution is 4.51. The van der Waals surface area contributed by atoms with Gasteiger partial charge in [-0.25, -0.2) is 0 Å². The van der Waals surface area contributed by atoms with E-state index in [1.54, 1.807) is 0 Å². The summed E-state index contributed by atoms with van der Waals surface area (Å²) >= 11 is 0. The van der Waals surface area contributed by atoms with Crippen LogP contribution in [-0.4, -0.2) is 23.3 Å². The molecule has 0 aliphatic heterocycles. The maximum absolute atomic E-state index is 8.57. The van der Waals surface area contributed by atoms with Crippen molar-refractivity contribution >= 4 is 0 Å². The maximum Gasteiger partial charge on any atom is 0.266 e. The van der Waals surface area contributed by atoms with Crippen LogP contribution < -0.4 is 0 Å². The summed E-state index contributed by atoms with van der Waals surface area (Å²) in [5.74, 6) is 0. The van der Waals surface area contributed by atoms with Crippen LogP contribution in [0.1, 0.15) is 161 Å². The topological polar surface area (TPSA) is 49.7 Å². The van der Waals surface area contributed by atoms with Crippen molar-refractivity contribution in [3.05, 3.63) is 0 Å². The Hall–Kier alpha value is -0.120. The zero-order valence-electron chi connectivity index (χ0n) is 20.6. The quantitative estimate of drug-likeness (QED) is 0.107. The van der Waals surface area contributed by atoms with Crippen molar-refractivity contribution in [1.82, 2.24) is 0 Å². The minimum atomic E-state index is -1.60. The Morgan fingerprint density at radius 1 is 0.400 bits per heavy atom. The SMILES string of the molecule is CCCCCCCCCCCCCCCCCCCCCCCCCCOC(O)O. The Bertz CT molecular complexity index is 294. The summed E-state index contributed by atoms with van der Waals surface area (Å²) in [7, 11) is 0. The largest absolute Gasteiger partial charge is 0.346 e. The number of aliphatic hydroxyl groups is 2. The van der Waals surface area contributed by atoms with Crippen LogP contribution in [0.3, 0.4) is 0 Å². The summed E-state index contributed by atoms with van der Waals surface area (Å²) < 4.78 is 4.70. The molecule has 0 fully saturated rings. The second-order valence-electron chi connectivity index (χ2n) is 9.33. The molecule has 0 aromatic carbocycles.